The number of aromatic nitrogens is 3. The van der Waals surface area contributed by atoms with Crippen LogP contribution in [0.3, 0.4) is 0 Å². The molecule has 2 rings (SSSR count). The van der Waals surface area contributed by atoms with Crippen molar-refractivity contribution in [3.63, 3.8) is 0 Å². The maximum Gasteiger partial charge on any atom is 0.273 e. The van der Waals surface area contributed by atoms with Crippen LogP contribution in [0, 0.1) is 6.92 Å². The number of primary sulfonamides is 1. The number of hydrogen-bond donors (Lipinski definition) is 1. The summed E-state index contributed by atoms with van der Waals surface area (Å²) in [6, 6.07) is 5.59. The molecule has 0 saturated heterocycles. The fraction of sp³-hybridized carbons (Fsp3) is 0.200. The molecule has 1 aromatic heterocycles. The lowest BCUT2D eigenvalue weighted by Crippen LogP contribution is -2.17. The average Bonchev–Trinajstić information content (AvgIpc) is 2.64. The van der Waals surface area contributed by atoms with Crippen molar-refractivity contribution in [1.29, 1.82) is 0 Å². The number of halogens is 1. The van der Waals surface area contributed by atoms with Gasteiger partial charge in [0.25, 0.3) is 15.2 Å². The third-order valence-electron chi connectivity index (χ3n) is 2.60. The molecule has 0 atom stereocenters. The summed E-state index contributed by atoms with van der Waals surface area (Å²) in [6.07, 6.45) is 0. The lowest BCUT2D eigenvalue weighted by molar-refractivity contribution is 0.580. The minimum Gasteiger partial charge on any atom is -0.300 e. The fourth-order valence-electron chi connectivity index (χ4n) is 1.65. The summed E-state index contributed by atoms with van der Waals surface area (Å²) in [5, 5.41) is 12.3. The maximum absolute atomic E-state index is 11.3. The van der Waals surface area contributed by atoms with Crippen molar-refractivity contribution in [1.82, 2.24) is 14.8 Å². The van der Waals surface area contributed by atoms with Crippen LogP contribution < -0.4 is 5.14 Å². The van der Waals surface area contributed by atoms with E-state index < -0.39 is 10.0 Å². The Morgan fingerprint density at radius 2 is 2.00 bits per heavy atom. The first-order valence-electron chi connectivity index (χ1n) is 5.00. The zero-order valence-electron chi connectivity index (χ0n) is 9.75. The minimum absolute atomic E-state index is 0.253. The van der Waals surface area contributed by atoms with Gasteiger partial charge in [0.05, 0.1) is 0 Å². The van der Waals surface area contributed by atoms with Crippen LogP contribution in [-0.2, 0) is 17.1 Å². The van der Waals surface area contributed by atoms with E-state index in [1.165, 1.54) is 4.57 Å². The molecule has 0 radical (unpaired) electrons. The maximum atomic E-state index is 11.3. The van der Waals surface area contributed by atoms with E-state index in [0.29, 0.717) is 5.82 Å². The monoisotopic (exact) mass is 330 g/mol. The molecule has 96 valence electrons. The SMILES string of the molecule is Cc1c(Br)cccc1-c1nnc(S(N)(=O)=O)n1C. The van der Waals surface area contributed by atoms with E-state index in [1.54, 1.807) is 7.05 Å². The fourth-order valence-corrected chi connectivity index (χ4v) is 2.64. The molecule has 18 heavy (non-hydrogen) atoms. The van der Waals surface area contributed by atoms with Gasteiger partial charge in [-0.25, -0.2) is 13.6 Å². The summed E-state index contributed by atoms with van der Waals surface area (Å²) in [5.74, 6) is 0.456. The lowest BCUT2D eigenvalue weighted by atomic mass is 10.1. The van der Waals surface area contributed by atoms with E-state index in [0.717, 1.165) is 15.6 Å². The van der Waals surface area contributed by atoms with Crippen molar-refractivity contribution in [2.24, 2.45) is 12.2 Å². The Morgan fingerprint density at radius 3 is 2.56 bits per heavy atom. The first kappa shape index (κ1) is 13.2. The molecule has 0 aliphatic carbocycles. The predicted octanol–water partition coefficient (Wildman–Crippen LogP) is 1.20. The van der Waals surface area contributed by atoms with Gasteiger partial charge in [0.15, 0.2) is 5.82 Å². The Balaban J connectivity index is 2.67. The van der Waals surface area contributed by atoms with E-state index in [2.05, 4.69) is 26.1 Å². The first-order chi connectivity index (χ1) is 8.32. The summed E-state index contributed by atoms with van der Waals surface area (Å²) in [4.78, 5) is 0. The molecule has 2 aromatic rings. The Morgan fingerprint density at radius 1 is 1.33 bits per heavy atom. The van der Waals surface area contributed by atoms with Gasteiger partial charge in [0.2, 0.25) is 0 Å². The van der Waals surface area contributed by atoms with Gasteiger partial charge in [-0.15, -0.1) is 10.2 Å². The third-order valence-corrected chi connectivity index (χ3v) is 4.32. The molecular formula is C10H11BrN4O2S. The molecule has 0 unspecified atom stereocenters. The van der Waals surface area contributed by atoms with Gasteiger partial charge in [-0.1, -0.05) is 28.1 Å². The van der Waals surface area contributed by atoms with E-state index in [-0.39, 0.29) is 5.16 Å². The number of benzene rings is 1. The van der Waals surface area contributed by atoms with Gasteiger partial charge in [-0.3, -0.25) is 4.57 Å². The van der Waals surface area contributed by atoms with Crippen LogP contribution in [0.5, 0.6) is 0 Å². The second-order valence-corrected chi connectivity index (χ2v) is 6.13. The van der Waals surface area contributed by atoms with Crippen LogP contribution >= 0.6 is 15.9 Å². The number of nitrogens with two attached hydrogens (primary N) is 1. The lowest BCUT2D eigenvalue weighted by Gasteiger charge is -2.07. The van der Waals surface area contributed by atoms with Gasteiger partial charge in [0.1, 0.15) is 0 Å². The summed E-state index contributed by atoms with van der Waals surface area (Å²) < 4.78 is 24.9. The Kier molecular flexibility index (Phi) is 3.26. The van der Waals surface area contributed by atoms with Crippen molar-refractivity contribution < 1.29 is 8.42 Å². The van der Waals surface area contributed by atoms with Gasteiger partial charge in [-0.2, -0.15) is 0 Å². The van der Waals surface area contributed by atoms with Crippen molar-refractivity contribution >= 4 is 26.0 Å². The van der Waals surface area contributed by atoms with Crippen LogP contribution in [-0.4, -0.2) is 23.2 Å². The highest BCUT2D eigenvalue weighted by molar-refractivity contribution is 9.10. The van der Waals surface area contributed by atoms with Crippen molar-refractivity contribution in [2.75, 3.05) is 0 Å². The number of sulfonamides is 1. The second kappa shape index (κ2) is 4.45. The molecule has 0 saturated carbocycles. The van der Waals surface area contributed by atoms with Crippen molar-refractivity contribution in [3.05, 3.63) is 28.2 Å². The topological polar surface area (TPSA) is 90.9 Å². The van der Waals surface area contributed by atoms with Gasteiger partial charge in [0, 0.05) is 17.1 Å². The molecule has 0 aliphatic rings. The highest BCUT2D eigenvalue weighted by Gasteiger charge is 2.20. The van der Waals surface area contributed by atoms with Crippen LogP contribution in [0.25, 0.3) is 11.4 Å². The zero-order valence-corrected chi connectivity index (χ0v) is 12.2. The molecule has 0 spiro atoms. The van der Waals surface area contributed by atoms with Gasteiger partial charge in [-0.05, 0) is 18.6 Å². The van der Waals surface area contributed by atoms with Crippen LogP contribution in [0.4, 0.5) is 0 Å². The normalized spacial score (nSPS) is 11.8. The van der Waals surface area contributed by atoms with Crippen LogP contribution in [0.2, 0.25) is 0 Å². The molecule has 0 aliphatic heterocycles. The summed E-state index contributed by atoms with van der Waals surface area (Å²) in [5.41, 5.74) is 1.75. The molecular weight excluding hydrogens is 320 g/mol. The standard InChI is InChI=1S/C10H11BrN4O2S/c1-6-7(4-3-5-8(6)11)9-13-14-10(15(9)2)18(12,16)17/h3-5H,1-2H3,(H2,12,16,17). The number of rotatable bonds is 2. The van der Waals surface area contributed by atoms with E-state index in [1.807, 2.05) is 25.1 Å². The Bertz CT molecular complexity index is 709. The number of hydrogen-bond acceptors (Lipinski definition) is 4. The molecule has 0 amide bonds. The molecule has 0 fully saturated rings. The highest BCUT2D eigenvalue weighted by atomic mass is 79.9. The van der Waals surface area contributed by atoms with E-state index in [9.17, 15) is 8.42 Å². The molecule has 8 heteroatoms. The van der Waals surface area contributed by atoms with Crippen molar-refractivity contribution in [2.45, 2.75) is 12.1 Å². The third kappa shape index (κ3) is 2.18. The largest absolute Gasteiger partial charge is 0.300 e. The molecule has 6 nitrogen and oxygen atoms in total. The average molecular weight is 331 g/mol. The Labute approximate surface area is 113 Å². The smallest absolute Gasteiger partial charge is 0.273 e. The molecule has 1 aromatic carbocycles. The first-order valence-corrected chi connectivity index (χ1v) is 7.34. The zero-order chi connectivity index (χ0) is 13.5. The molecule has 0 bridgehead atoms. The van der Waals surface area contributed by atoms with E-state index in [4.69, 9.17) is 5.14 Å². The van der Waals surface area contributed by atoms with Crippen LogP contribution in [0.1, 0.15) is 5.56 Å². The van der Waals surface area contributed by atoms with Crippen LogP contribution in [0.15, 0.2) is 27.8 Å². The summed E-state index contributed by atoms with van der Waals surface area (Å²) in [6.45, 7) is 1.91. The number of nitrogens with zero attached hydrogens (tertiary/aromatic N) is 3. The quantitative estimate of drug-likeness (QED) is 0.895. The van der Waals surface area contributed by atoms with E-state index >= 15 is 0 Å². The van der Waals surface area contributed by atoms with Crippen molar-refractivity contribution in [3.8, 4) is 11.4 Å². The summed E-state index contributed by atoms with van der Waals surface area (Å²) >= 11 is 3.41. The molecule has 1 heterocycles. The minimum atomic E-state index is -3.87. The highest BCUT2D eigenvalue weighted by Crippen LogP contribution is 2.27. The summed E-state index contributed by atoms with van der Waals surface area (Å²) in [7, 11) is -2.30. The second-order valence-electron chi connectivity index (χ2n) is 3.82. The predicted molar refractivity (Wildman–Crippen MR) is 70.2 cm³/mol. The Hall–Kier alpha value is -1.25. The van der Waals surface area contributed by atoms with Gasteiger partial charge >= 0.3 is 0 Å². The van der Waals surface area contributed by atoms with Gasteiger partial charge < -0.3 is 0 Å². The molecule has 2 N–H and O–H groups in total.